The summed E-state index contributed by atoms with van der Waals surface area (Å²) >= 11 is 5.67. The Labute approximate surface area is 69.4 Å². The van der Waals surface area contributed by atoms with Gasteiger partial charge in [-0.2, -0.15) is 0 Å². The van der Waals surface area contributed by atoms with Gasteiger partial charge in [0.1, 0.15) is 5.82 Å². The Morgan fingerprint density at radius 1 is 1.36 bits per heavy atom. The van der Waals surface area contributed by atoms with E-state index in [9.17, 15) is 4.39 Å². The van der Waals surface area contributed by atoms with Crippen LogP contribution in [0.5, 0.6) is 0 Å². The van der Waals surface area contributed by atoms with E-state index in [1.54, 1.807) is 12.1 Å². The molecular formula is C8H8ClFO. The molecule has 1 unspecified atom stereocenters. The molecule has 1 aromatic rings. The molecule has 0 aliphatic carbocycles. The van der Waals surface area contributed by atoms with Crippen molar-refractivity contribution in [2.45, 2.75) is 5.38 Å². The molecule has 0 spiro atoms. The lowest BCUT2D eigenvalue weighted by molar-refractivity contribution is 0.294. The first kappa shape index (κ1) is 8.50. The summed E-state index contributed by atoms with van der Waals surface area (Å²) in [6.45, 7) is -0.132. The van der Waals surface area contributed by atoms with Crippen LogP contribution in [0, 0.1) is 5.82 Å². The first-order chi connectivity index (χ1) is 5.24. The first-order valence-corrected chi connectivity index (χ1v) is 3.68. The SMILES string of the molecule is OCC(Cl)c1ccc(F)cc1. The lowest BCUT2D eigenvalue weighted by Crippen LogP contribution is -1.95. The monoisotopic (exact) mass is 174 g/mol. The smallest absolute Gasteiger partial charge is 0.123 e. The average Bonchev–Trinajstić information content (AvgIpc) is 2.05. The van der Waals surface area contributed by atoms with Crippen LogP contribution in [0.1, 0.15) is 10.9 Å². The van der Waals surface area contributed by atoms with Crippen molar-refractivity contribution in [2.75, 3.05) is 6.61 Å². The molecule has 60 valence electrons. The van der Waals surface area contributed by atoms with E-state index >= 15 is 0 Å². The highest BCUT2D eigenvalue weighted by Crippen LogP contribution is 2.19. The maximum absolute atomic E-state index is 12.3. The highest BCUT2D eigenvalue weighted by atomic mass is 35.5. The standard InChI is InChI=1S/C8H8ClFO/c9-8(5-11)6-1-3-7(10)4-2-6/h1-4,8,11H,5H2. The highest BCUT2D eigenvalue weighted by Gasteiger charge is 2.04. The van der Waals surface area contributed by atoms with Crippen molar-refractivity contribution in [3.05, 3.63) is 35.6 Å². The minimum atomic E-state index is -0.435. The van der Waals surface area contributed by atoms with E-state index in [-0.39, 0.29) is 12.4 Å². The number of alkyl halides is 1. The third-order valence-corrected chi connectivity index (χ3v) is 1.78. The Kier molecular flexibility index (Phi) is 2.85. The third-order valence-electron chi connectivity index (χ3n) is 1.39. The van der Waals surface area contributed by atoms with Gasteiger partial charge in [-0.1, -0.05) is 12.1 Å². The summed E-state index contributed by atoms with van der Waals surface area (Å²) < 4.78 is 12.3. The predicted molar refractivity (Wildman–Crippen MR) is 42.1 cm³/mol. The van der Waals surface area contributed by atoms with Gasteiger partial charge in [0.05, 0.1) is 12.0 Å². The van der Waals surface area contributed by atoms with Gasteiger partial charge in [0.25, 0.3) is 0 Å². The third kappa shape index (κ3) is 2.17. The molecule has 0 radical (unpaired) electrons. The second kappa shape index (κ2) is 3.69. The zero-order valence-electron chi connectivity index (χ0n) is 5.80. The molecule has 0 fully saturated rings. The van der Waals surface area contributed by atoms with Gasteiger partial charge in [0.2, 0.25) is 0 Å². The zero-order chi connectivity index (χ0) is 8.27. The van der Waals surface area contributed by atoms with Crippen LogP contribution in [0.25, 0.3) is 0 Å². The van der Waals surface area contributed by atoms with E-state index in [1.165, 1.54) is 12.1 Å². The Morgan fingerprint density at radius 3 is 2.36 bits per heavy atom. The van der Waals surface area contributed by atoms with E-state index in [0.717, 1.165) is 5.56 Å². The van der Waals surface area contributed by atoms with E-state index in [4.69, 9.17) is 16.7 Å². The van der Waals surface area contributed by atoms with Crippen LogP contribution in [0.3, 0.4) is 0 Å². The maximum atomic E-state index is 12.3. The van der Waals surface area contributed by atoms with Gasteiger partial charge >= 0.3 is 0 Å². The molecule has 0 bridgehead atoms. The van der Waals surface area contributed by atoms with Crippen LogP contribution in [0.4, 0.5) is 4.39 Å². The largest absolute Gasteiger partial charge is 0.394 e. The summed E-state index contributed by atoms with van der Waals surface area (Å²) in [5, 5.41) is 8.20. The van der Waals surface area contributed by atoms with Crippen molar-refractivity contribution in [1.82, 2.24) is 0 Å². The minimum Gasteiger partial charge on any atom is -0.394 e. The predicted octanol–water partition coefficient (Wildman–Crippen LogP) is 2.10. The van der Waals surface area contributed by atoms with Crippen molar-refractivity contribution in [3.8, 4) is 0 Å². The minimum absolute atomic E-state index is 0.132. The normalized spacial score (nSPS) is 13.0. The molecular weight excluding hydrogens is 167 g/mol. The number of aliphatic hydroxyl groups is 1. The van der Waals surface area contributed by atoms with Crippen molar-refractivity contribution >= 4 is 11.6 Å². The average molecular weight is 175 g/mol. The molecule has 1 N–H and O–H groups in total. The van der Waals surface area contributed by atoms with Crippen LogP contribution in [0.15, 0.2) is 24.3 Å². The molecule has 0 aliphatic rings. The summed E-state index contributed by atoms with van der Waals surface area (Å²) in [5.74, 6) is -0.296. The van der Waals surface area contributed by atoms with Crippen molar-refractivity contribution < 1.29 is 9.50 Å². The Bertz CT molecular complexity index is 222. The summed E-state index contributed by atoms with van der Waals surface area (Å²) in [7, 11) is 0. The van der Waals surface area contributed by atoms with Crippen molar-refractivity contribution in [1.29, 1.82) is 0 Å². The molecule has 3 heteroatoms. The first-order valence-electron chi connectivity index (χ1n) is 3.24. The molecule has 1 aromatic carbocycles. The van der Waals surface area contributed by atoms with E-state index < -0.39 is 5.38 Å². The van der Waals surface area contributed by atoms with Gasteiger partial charge in [-0.15, -0.1) is 11.6 Å². The topological polar surface area (TPSA) is 20.2 Å². The van der Waals surface area contributed by atoms with Crippen LogP contribution in [-0.4, -0.2) is 11.7 Å². The van der Waals surface area contributed by atoms with Gasteiger partial charge in [0.15, 0.2) is 0 Å². The molecule has 0 saturated heterocycles. The summed E-state index contributed by atoms with van der Waals surface area (Å²) in [6.07, 6.45) is 0. The van der Waals surface area contributed by atoms with Gasteiger partial charge in [-0.3, -0.25) is 0 Å². The highest BCUT2D eigenvalue weighted by molar-refractivity contribution is 6.20. The maximum Gasteiger partial charge on any atom is 0.123 e. The Morgan fingerprint density at radius 2 is 1.91 bits per heavy atom. The molecule has 1 nitrogen and oxygen atoms in total. The summed E-state index contributed by atoms with van der Waals surface area (Å²) in [4.78, 5) is 0. The molecule has 0 amide bonds. The van der Waals surface area contributed by atoms with Crippen molar-refractivity contribution in [3.63, 3.8) is 0 Å². The number of aliphatic hydroxyl groups excluding tert-OH is 1. The lowest BCUT2D eigenvalue weighted by atomic mass is 10.1. The zero-order valence-corrected chi connectivity index (χ0v) is 6.55. The fraction of sp³-hybridized carbons (Fsp3) is 0.250. The molecule has 0 aromatic heterocycles. The fourth-order valence-corrected chi connectivity index (χ4v) is 0.922. The number of benzene rings is 1. The van der Waals surface area contributed by atoms with Crippen LogP contribution in [0.2, 0.25) is 0 Å². The van der Waals surface area contributed by atoms with E-state index in [2.05, 4.69) is 0 Å². The lowest BCUT2D eigenvalue weighted by Gasteiger charge is -2.04. The number of rotatable bonds is 2. The quantitative estimate of drug-likeness (QED) is 0.681. The second-order valence-corrected chi connectivity index (χ2v) is 2.73. The Balaban J connectivity index is 2.81. The second-order valence-electron chi connectivity index (χ2n) is 2.20. The van der Waals surface area contributed by atoms with Gasteiger partial charge in [-0.25, -0.2) is 4.39 Å². The van der Waals surface area contributed by atoms with E-state index in [0.29, 0.717) is 0 Å². The fourth-order valence-electron chi connectivity index (χ4n) is 0.777. The molecule has 1 rings (SSSR count). The number of halogens is 2. The van der Waals surface area contributed by atoms with Gasteiger partial charge < -0.3 is 5.11 Å². The van der Waals surface area contributed by atoms with E-state index in [1.807, 2.05) is 0 Å². The molecule has 1 atom stereocenters. The Hall–Kier alpha value is -0.600. The molecule has 11 heavy (non-hydrogen) atoms. The van der Waals surface area contributed by atoms with Crippen LogP contribution < -0.4 is 0 Å². The van der Waals surface area contributed by atoms with Gasteiger partial charge in [0, 0.05) is 0 Å². The van der Waals surface area contributed by atoms with Crippen molar-refractivity contribution in [2.24, 2.45) is 0 Å². The van der Waals surface area contributed by atoms with Crippen LogP contribution >= 0.6 is 11.6 Å². The number of hydrogen-bond donors (Lipinski definition) is 1. The number of hydrogen-bond acceptors (Lipinski definition) is 1. The summed E-state index contributed by atoms with van der Waals surface area (Å²) in [6, 6.07) is 5.76. The van der Waals surface area contributed by atoms with Crippen LogP contribution in [-0.2, 0) is 0 Å². The van der Waals surface area contributed by atoms with Gasteiger partial charge in [-0.05, 0) is 17.7 Å². The molecule has 0 aliphatic heterocycles. The summed E-state index contributed by atoms with van der Waals surface area (Å²) in [5.41, 5.74) is 0.732. The molecule has 0 saturated carbocycles. The molecule has 0 heterocycles.